The fourth-order valence-electron chi connectivity index (χ4n) is 2.97. The Morgan fingerprint density at radius 3 is 2.08 bits per heavy atom. The van der Waals surface area contributed by atoms with Gasteiger partial charge in [0.2, 0.25) is 0 Å². The van der Waals surface area contributed by atoms with E-state index in [1.165, 1.54) is 14.2 Å². The predicted molar refractivity (Wildman–Crippen MR) is 98.6 cm³/mol. The van der Waals surface area contributed by atoms with Gasteiger partial charge in [0.15, 0.2) is 0 Å². The van der Waals surface area contributed by atoms with E-state index in [1.807, 2.05) is 61.5 Å². The summed E-state index contributed by atoms with van der Waals surface area (Å²) in [6.45, 7) is 1.94. The smallest absolute Gasteiger partial charge is 0.355 e. The van der Waals surface area contributed by atoms with Gasteiger partial charge in [0.05, 0.1) is 14.2 Å². The van der Waals surface area contributed by atoms with Gasteiger partial charge in [0.25, 0.3) is 0 Å². The Morgan fingerprint density at radius 2 is 1.46 bits per heavy atom. The standard InChI is InChI=1S/C21H19NO4/c1-14-9-7-8-12-17(14)22-13-16(15-10-5-4-6-11-15)18(20(23)25-2)19(22)21(24)26-3/h4-13H,1-3H3. The molecule has 0 saturated carbocycles. The van der Waals surface area contributed by atoms with Crippen LogP contribution in [-0.4, -0.2) is 30.7 Å². The van der Waals surface area contributed by atoms with E-state index in [2.05, 4.69) is 0 Å². The van der Waals surface area contributed by atoms with Gasteiger partial charge < -0.3 is 14.0 Å². The topological polar surface area (TPSA) is 57.5 Å². The molecule has 0 radical (unpaired) electrons. The Morgan fingerprint density at radius 1 is 0.846 bits per heavy atom. The van der Waals surface area contributed by atoms with E-state index in [9.17, 15) is 9.59 Å². The minimum Gasteiger partial charge on any atom is -0.465 e. The molecule has 0 atom stereocenters. The molecule has 132 valence electrons. The van der Waals surface area contributed by atoms with Crippen molar-refractivity contribution in [3.63, 3.8) is 0 Å². The second-order valence-electron chi connectivity index (χ2n) is 5.77. The predicted octanol–water partition coefficient (Wildman–Crippen LogP) is 4.03. The van der Waals surface area contributed by atoms with Crippen LogP contribution in [0.25, 0.3) is 16.8 Å². The molecule has 0 aliphatic rings. The summed E-state index contributed by atoms with van der Waals surface area (Å²) in [4.78, 5) is 25.1. The lowest BCUT2D eigenvalue weighted by molar-refractivity contribution is 0.0550. The fraction of sp³-hybridized carbons (Fsp3) is 0.143. The van der Waals surface area contributed by atoms with Crippen molar-refractivity contribution < 1.29 is 19.1 Å². The first-order valence-electron chi connectivity index (χ1n) is 8.12. The van der Waals surface area contributed by atoms with Crippen LogP contribution in [0, 0.1) is 6.92 Å². The van der Waals surface area contributed by atoms with Crippen molar-refractivity contribution >= 4 is 11.9 Å². The van der Waals surface area contributed by atoms with E-state index >= 15 is 0 Å². The van der Waals surface area contributed by atoms with Gasteiger partial charge in [-0.3, -0.25) is 0 Å². The van der Waals surface area contributed by atoms with E-state index in [1.54, 1.807) is 10.8 Å². The summed E-state index contributed by atoms with van der Waals surface area (Å²) in [5, 5.41) is 0. The van der Waals surface area contributed by atoms with Crippen LogP contribution >= 0.6 is 0 Å². The lowest BCUT2D eigenvalue weighted by Gasteiger charge is -2.11. The van der Waals surface area contributed by atoms with Crippen molar-refractivity contribution in [2.45, 2.75) is 6.92 Å². The molecule has 1 aromatic heterocycles. The quantitative estimate of drug-likeness (QED) is 0.668. The number of aryl methyl sites for hydroxylation is 1. The largest absolute Gasteiger partial charge is 0.465 e. The van der Waals surface area contributed by atoms with Crippen molar-refractivity contribution in [3.05, 3.63) is 77.6 Å². The highest BCUT2D eigenvalue weighted by atomic mass is 16.5. The third kappa shape index (κ3) is 2.99. The highest BCUT2D eigenvalue weighted by molar-refractivity contribution is 6.08. The summed E-state index contributed by atoms with van der Waals surface area (Å²) in [7, 11) is 2.59. The minimum atomic E-state index is -0.601. The summed E-state index contributed by atoms with van der Waals surface area (Å²) in [5.74, 6) is -1.19. The zero-order chi connectivity index (χ0) is 18.7. The second kappa shape index (κ2) is 7.27. The second-order valence-corrected chi connectivity index (χ2v) is 5.77. The van der Waals surface area contributed by atoms with E-state index in [0.717, 1.165) is 16.8 Å². The molecule has 5 heteroatoms. The number of carbonyl (C=O) groups is 2. The molecule has 0 spiro atoms. The molecule has 0 bridgehead atoms. The number of aromatic nitrogens is 1. The number of esters is 2. The fourth-order valence-corrected chi connectivity index (χ4v) is 2.97. The Hall–Kier alpha value is -3.34. The molecule has 2 aromatic carbocycles. The molecule has 1 heterocycles. The summed E-state index contributed by atoms with van der Waals surface area (Å²) < 4.78 is 11.6. The number of nitrogens with zero attached hydrogens (tertiary/aromatic N) is 1. The molecule has 0 unspecified atom stereocenters. The van der Waals surface area contributed by atoms with E-state index in [-0.39, 0.29) is 11.3 Å². The van der Waals surface area contributed by atoms with Gasteiger partial charge in [0.1, 0.15) is 11.3 Å². The van der Waals surface area contributed by atoms with Crippen LogP contribution in [0.3, 0.4) is 0 Å². The van der Waals surface area contributed by atoms with Crippen LogP contribution in [0.4, 0.5) is 0 Å². The normalized spacial score (nSPS) is 10.4. The van der Waals surface area contributed by atoms with Gasteiger partial charge in [-0.1, -0.05) is 48.5 Å². The third-order valence-electron chi connectivity index (χ3n) is 4.23. The average molecular weight is 349 g/mol. The van der Waals surface area contributed by atoms with E-state index in [0.29, 0.717) is 5.56 Å². The molecular formula is C21H19NO4. The number of methoxy groups -OCH3 is 2. The van der Waals surface area contributed by atoms with Gasteiger partial charge in [-0.15, -0.1) is 0 Å². The maximum atomic E-state index is 12.6. The van der Waals surface area contributed by atoms with Crippen LogP contribution < -0.4 is 0 Å². The van der Waals surface area contributed by atoms with Crippen molar-refractivity contribution in [1.29, 1.82) is 0 Å². The first-order chi connectivity index (χ1) is 12.6. The van der Waals surface area contributed by atoms with E-state index in [4.69, 9.17) is 9.47 Å². The number of para-hydroxylation sites is 1. The van der Waals surface area contributed by atoms with Gasteiger partial charge in [-0.25, -0.2) is 9.59 Å². The van der Waals surface area contributed by atoms with Gasteiger partial charge in [-0.05, 0) is 24.1 Å². The SMILES string of the molecule is COC(=O)c1c(-c2ccccc2)cn(-c2ccccc2C)c1C(=O)OC. The Balaban J connectivity index is 2.38. The molecular weight excluding hydrogens is 330 g/mol. The number of hydrogen-bond donors (Lipinski definition) is 0. The van der Waals surface area contributed by atoms with Crippen LogP contribution in [0.2, 0.25) is 0 Å². The maximum absolute atomic E-state index is 12.6. The van der Waals surface area contributed by atoms with E-state index < -0.39 is 11.9 Å². The zero-order valence-corrected chi connectivity index (χ0v) is 14.9. The number of ether oxygens (including phenoxy) is 2. The van der Waals surface area contributed by atoms with Crippen LogP contribution in [0.15, 0.2) is 60.8 Å². The molecule has 0 amide bonds. The third-order valence-corrected chi connectivity index (χ3v) is 4.23. The number of hydrogen-bond acceptors (Lipinski definition) is 4. The summed E-state index contributed by atoms with van der Waals surface area (Å²) >= 11 is 0. The van der Waals surface area contributed by atoms with Crippen molar-refractivity contribution in [1.82, 2.24) is 4.57 Å². The average Bonchev–Trinajstić information content (AvgIpc) is 3.08. The molecule has 0 aliphatic carbocycles. The summed E-state index contributed by atoms with van der Waals surface area (Å²) in [6, 6.07) is 17.0. The number of benzene rings is 2. The molecule has 26 heavy (non-hydrogen) atoms. The van der Waals surface area contributed by atoms with Gasteiger partial charge in [-0.2, -0.15) is 0 Å². The molecule has 0 fully saturated rings. The maximum Gasteiger partial charge on any atom is 0.355 e. The molecule has 0 saturated heterocycles. The van der Waals surface area contributed by atoms with Gasteiger partial charge in [0, 0.05) is 17.4 Å². The monoisotopic (exact) mass is 349 g/mol. The van der Waals surface area contributed by atoms with Crippen molar-refractivity contribution in [2.24, 2.45) is 0 Å². The lowest BCUT2D eigenvalue weighted by Crippen LogP contribution is -2.15. The van der Waals surface area contributed by atoms with Crippen LogP contribution in [0.5, 0.6) is 0 Å². The van der Waals surface area contributed by atoms with Crippen molar-refractivity contribution in [2.75, 3.05) is 14.2 Å². The van der Waals surface area contributed by atoms with Crippen LogP contribution in [0.1, 0.15) is 26.4 Å². The Bertz CT molecular complexity index is 957. The summed E-state index contributed by atoms with van der Waals surface area (Å²) in [5.41, 5.74) is 3.51. The number of rotatable bonds is 4. The lowest BCUT2D eigenvalue weighted by atomic mass is 10.0. The van der Waals surface area contributed by atoms with Crippen molar-refractivity contribution in [3.8, 4) is 16.8 Å². The molecule has 3 rings (SSSR count). The zero-order valence-electron chi connectivity index (χ0n) is 14.9. The minimum absolute atomic E-state index is 0.146. The molecule has 0 aliphatic heterocycles. The molecule has 0 N–H and O–H groups in total. The first-order valence-corrected chi connectivity index (χ1v) is 8.12. The highest BCUT2D eigenvalue weighted by Gasteiger charge is 2.29. The first kappa shape index (κ1) is 17.5. The van der Waals surface area contributed by atoms with Gasteiger partial charge >= 0.3 is 11.9 Å². The highest BCUT2D eigenvalue weighted by Crippen LogP contribution is 2.32. The Kier molecular flexibility index (Phi) is 4.89. The summed E-state index contributed by atoms with van der Waals surface area (Å²) in [6.07, 6.45) is 1.77. The molecule has 3 aromatic rings. The Labute approximate surface area is 151 Å². The number of carbonyl (C=O) groups excluding carboxylic acids is 2. The van der Waals surface area contributed by atoms with Crippen LogP contribution in [-0.2, 0) is 9.47 Å². The molecule has 5 nitrogen and oxygen atoms in total.